The predicted molar refractivity (Wildman–Crippen MR) is 119 cm³/mol. The second-order valence-electron chi connectivity index (χ2n) is 8.66. The number of hydrogen-bond acceptors (Lipinski definition) is 3. The molecule has 2 aliphatic carbocycles. The van der Waals surface area contributed by atoms with E-state index in [2.05, 4.69) is 5.32 Å². The molecule has 3 atom stereocenters. The van der Waals surface area contributed by atoms with Crippen LogP contribution in [-0.4, -0.2) is 26.9 Å². The van der Waals surface area contributed by atoms with E-state index in [-0.39, 0.29) is 23.4 Å². The summed E-state index contributed by atoms with van der Waals surface area (Å²) in [5, 5.41) is 3.14. The van der Waals surface area contributed by atoms with E-state index in [1.54, 1.807) is 30.3 Å². The summed E-state index contributed by atoms with van der Waals surface area (Å²) < 4.78 is 28.4. The molecule has 6 heteroatoms. The van der Waals surface area contributed by atoms with Crippen molar-refractivity contribution in [2.45, 2.75) is 56.9 Å². The van der Waals surface area contributed by atoms with Gasteiger partial charge in [-0.05, 0) is 68.2 Å². The Balaban J connectivity index is 1.63. The molecule has 0 saturated heterocycles. The van der Waals surface area contributed by atoms with Crippen LogP contribution in [-0.2, 0) is 21.2 Å². The zero-order valence-electron chi connectivity index (χ0n) is 17.7. The lowest BCUT2D eigenvalue weighted by Crippen LogP contribution is -2.46. The molecular weight excluding hydrogens is 396 g/mol. The number of carbonyl (C=O) groups is 1. The molecule has 2 aliphatic rings. The third-order valence-electron chi connectivity index (χ3n) is 6.62. The van der Waals surface area contributed by atoms with Gasteiger partial charge < -0.3 is 5.32 Å². The number of benzene rings is 2. The Kier molecular flexibility index (Phi) is 5.87. The number of hydrogen-bond donors (Lipinski definition) is 1. The molecular formula is C24H30N2O3S. The van der Waals surface area contributed by atoms with Crippen LogP contribution in [0.4, 0.5) is 5.69 Å². The number of anilines is 1. The van der Waals surface area contributed by atoms with Crippen LogP contribution in [0.1, 0.15) is 43.7 Å². The monoisotopic (exact) mass is 426 g/mol. The molecule has 2 fully saturated rings. The molecule has 1 amide bonds. The van der Waals surface area contributed by atoms with Crippen molar-refractivity contribution < 1.29 is 13.2 Å². The quantitative estimate of drug-likeness (QED) is 0.726. The van der Waals surface area contributed by atoms with Crippen molar-refractivity contribution in [1.82, 2.24) is 5.32 Å². The summed E-state index contributed by atoms with van der Waals surface area (Å²) in [7, 11) is -3.87. The first-order chi connectivity index (χ1) is 14.4. The van der Waals surface area contributed by atoms with Crippen molar-refractivity contribution >= 4 is 21.6 Å². The number of sulfonamides is 1. The van der Waals surface area contributed by atoms with Crippen molar-refractivity contribution in [2.24, 2.45) is 11.8 Å². The average Bonchev–Trinajstić information content (AvgIpc) is 3.35. The topological polar surface area (TPSA) is 66.5 Å². The summed E-state index contributed by atoms with van der Waals surface area (Å²) in [6, 6.07) is 14.4. The van der Waals surface area contributed by atoms with Crippen molar-refractivity contribution in [3.8, 4) is 0 Å². The van der Waals surface area contributed by atoms with Gasteiger partial charge in [-0.1, -0.05) is 49.2 Å². The SMILES string of the molecule is CCc1ccccc1N(CC(=O)N[C@@H]1C[C@@H]2CC[C@H]1C2)S(=O)(=O)c1ccc(C)cc1. The number of carbonyl (C=O) groups excluding carboxylic acids is 1. The largest absolute Gasteiger partial charge is 0.352 e. The number of nitrogens with one attached hydrogen (secondary N) is 1. The van der Waals surface area contributed by atoms with Crippen molar-refractivity contribution in [3.05, 3.63) is 59.7 Å². The minimum absolute atomic E-state index is 0.182. The van der Waals surface area contributed by atoms with Gasteiger partial charge in [0.05, 0.1) is 10.6 Å². The fraction of sp³-hybridized carbons (Fsp3) is 0.458. The third-order valence-corrected chi connectivity index (χ3v) is 8.40. The number of fused-ring (bicyclic) bond motifs is 2. The van der Waals surface area contributed by atoms with Crippen molar-refractivity contribution in [2.75, 3.05) is 10.8 Å². The van der Waals surface area contributed by atoms with Crippen LogP contribution in [0.2, 0.25) is 0 Å². The fourth-order valence-corrected chi connectivity index (χ4v) is 6.45. The first-order valence-electron chi connectivity index (χ1n) is 10.8. The molecule has 0 aromatic heterocycles. The molecule has 4 rings (SSSR count). The molecule has 0 radical (unpaired) electrons. The van der Waals surface area contributed by atoms with E-state index in [0.717, 1.165) is 17.5 Å². The van der Waals surface area contributed by atoms with E-state index in [1.165, 1.54) is 23.6 Å². The van der Waals surface area contributed by atoms with Gasteiger partial charge in [0.1, 0.15) is 6.54 Å². The van der Waals surface area contributed by atoms with E-state index in [0.29, 0.717) is 23.9 Å². The highest BCUT2D eigenvalue weighted by Crippen LogP contribution is 2.44. The van der Waals surface area contributed by atoms with Crippen molar-refractivity contribution in [3.63, 3.8) is 0 Å². The predicted octanol–water partition coefficient (Wildman–Crippen LogP) is 4.06. The molecule has 2 aromatic rings. The van der Waals surface area contributed by atoms with Crippen LogP contribution in [0, 0.1) is 18.8 Å². The van der Waals surface area contributed by atoms with Gasteiger partial charge in [-0.2, -0.15) is 0 Å². The summed E-state index contributed by atoms with van der Waals surface area (Å²) in [6.45, 7) is 3.70. The molecule has 0 aliphatic heterocycles. The number of nitrogens with zero attached hydrogens (tertiary/aromatic N) is 1. The fourth-order valence-electron chi connectivity index (χ4n) is 4.99. The van der Waals surface area contributed by atoms with Crippen LogP contribution < -0.4 is 9.62 Å². The Labute approximate surface area is 179 Å². The van der Waals surface area contributed by atoms with Gasteiger partial charge >= 0.3 is 0 Å². The Hall–Kier alpha value is -2.34. The Morgan fingerprint density at radius 3 is 2.43 bits per heavy atom. The Morgan fingerprint density at radius 1 is 1.07 bits per heavy atom. The number of para-hydroxylation sites is 1. The lowest BCUT2D eigenvalue weighted by Gasteiger charge is -2.28. The van der Waals surface area contributed by atoms with E-state index in [1.807, 2.05) is 32.0 Å². The maximum atomic E-state index is 13.6. The van der Waals surface area contributed by atoms with E-state index in [9.17, 15) is 13.2 Å². The maximum Gasteiger partial charge on any atom is 0.264 e. The van der Waals surface area contributed by atoms with Crippen LogP contribution >= 0.6 is 0 Å². The van der Waals surface area contributed by atoms with Crippen LogP contribution in [0.15, 0.2) is 53.4 Å². The number of aryl methyl sites for hydroxylation is 2. The summed E-state index contributed by atoms with van der Waals surface area (Å²) in [6.07, 6.45) is 5.32. The number of rotatable bonds is 7. The molecule has 2 saturated carbocycles. The Morgan fingerprint density at radius 2 is 1.80 bits per heavy atom. The number of amides is 1. The highest BCUT2D eigenvalue weighted by molar-refractivity contribution is 7.92. The molecule has 1 N–H and O–H groups in total. The van der Waals surface area contributed by atoms with Crippen LogP contribution in [0.5, 0.6) is 0 Å². The molecule has 5 nitrogen and oxygen atoms in total. The van der Waals surface area contributed by atoms with Gasteiger partial charge in [0.2, 0.25) is 5.91 Å². The molecule has 2 aromatic carbocycles. The molecule has 30 heavy (non-hydrogen) atoms. The first kappa shape index (κ1) is 20.9. The van der Waals surface area contributed by atoms with Gasteiger partial charge in [-0.25, -0.2) is 8.42 Å². The summed E-state index contributed by atoms with van der Waals surface area (Å²) >= 11 is 0. The van der Waals surface area contributed by atoms with Gasteiger partial charge in [0, 0.05) is 6.04 Å². The first-order valence-corrected chi connectivity index (χ1v) is 12.3. The van der Waals surface area contributed by atoms with E-state index in [4.69, 9.17) is 0 Å². The minimum Gasteiger partial charge on any atom is -0.352 e. The maximum absolute atomic E-state index is 13.6. The second-order valence-corrected chi connectivity index (χ2v) is 10.5. The molecule has 2 bridgehead atoms. The summed E-state index contributed by atoms with van der Waals surface area (Å²) in [5.74, 6) is 1.03. The smallest absolute Gasteiger partial charge is 0.264 e. The van der Waals surface area contributed by atoms with Gasteiger partial charge in [-0.15, -0.1) is 0 Å². The average molecular weight is 427 g/mol. The van der Waals surface area contributed by atoms with Crippen LogP contribution in [0.3, 0.4) is 0 Å². The van der Waals surface area contributed by atoms with E-state index >= 15 is 0 Å². The molecule has 0 heterocycles. The van der Waals surface area contributed by atoms with Gasteiger partial charge in [0.15, 0.2) is 0 Å². The minimum atomic E-state index is -3.87. The Bertz CT molecular complexity index is 1020. The summed E-state index contributed by atoms with van der Waals surface area (Å²) in [5.41, 5.74) is 2.47. The second kappa shape index (κ2) is 8.42. The molecule has 160 valence electrons. The summed E-state index contributed by atoms with van der Waals surface area (Å²) in [4.78, 5) is 13.2. The normalized spacial score (nSPS) is 22.8. The van der Waals surface area contributed by atoms with Crippen LogP contribution in [0.25, 0.3) is 0 Å². The highest BCUT2D eigenvalue weighted by Gasteiger charge is 2.40. The van der Waals surface area contributed by atoms with Gasteiger partial charge in [0.25, 0.3) is 10.0 Å². The van der Waals surface area contributed by atoms with Gasteiger partial charge in [-0.3, -0.25) is 9.10 Å². The highest BCUT2D eigenvalue weighted by atomic mass is 32.2. The standard InChI is InChI=1S/C24H30N2O3S/c1-3-19-6-4-5-7-23(19)26(30(28,29)21-12-8-17(2)9-13-21)16-24(27)25-22-15-18-10-11-20(22)14-18/h4-9,12-13,18,20,22H,3,10-11,14-16H2,1-2H3,(H,25,27)/t18-,20+,22-/m1/s1. The molecule has 0 spiro atoms. The zero-order valence-corrected chi connectivity index (χ0v) is 18.5. The third kappa shape index (κ3) is 4.10. The lowest BCUT2D eigenvalue weighted by atomic mass is 9.95. The van der Waals surface area contributed by atoms with Crippen molar-refractivity contribution in [1.29, 1.82) is 0 Å². The lowest BCUT2D eigenvalue weighted by molar-refractivity contribution is -0.120. The van der Waals surface area contributed by atoms with E-state index < -0.39 is 10.0 Å². The zero-order chi connectivity index (χ0) is 21.3. The molecule has 0 unspecified atom stereocenters.